The van der Waals surface area contributed by atoms with Gasteiger partial charge in [-0.3, -0.25) is 4.79 Å². The number of hydrogen-bond donors (Lipinski definition) is 1. The van der Waals surface area contributed by atoms with E-state index in [0.29, 0.717) is 59.4 Å². The number of carbonyl (C=O) groups is 1. The van der Waals surface area contributed by atoms with Crippen LogP contribution in [0.5, 0.6) is 0 Å². The Morgan fingerprint density at radius 2 is 1.26 bits per heavy atom. The summed E-state index contributed by atoms with van der Waals surface area (Å²) in [6, 6.07) is 0. The molecule has 0 radical (unpaired) electrons. The average Bonchev–Trinajstić information content (AvgIpc) is 2.43. The molecule has 0 saturated carbocycles. The minimum atomic E-state index is -0.258. The molecule has 0 aromatic carbocycles. The third-order valence-electron chi connectivity index (χ3n) is 2.01. The number of rotatable bonds is 14. The van der Waals surface area contributed by atoms with Crippen molar-refractivity contribution in [2.24, 2.45) is 10.7 Å². The Balaban J connectivity index is 2.99. The van der Waals surface area contributed by atoms with E-state index in [1.807, 2.05) is 0 Å². The smallest absolute Gasteiger partial charge is 0.247 e. The summed E-state index contributed by atoms with van der Waals surface area (Å²) in [4.78, 5) is 14.0. The first kappa shape index (κ1) is 18.1. The summed E-state index contributed by atoms with van der Waals surface area (Å²) >= 11 is 0. The van der Waals surface area contributed by atoms with Crippen molar-refractivity contribution in [1.29, 1.82) is 0 Å². The van der Waals surface area contributed by atoms with Gasteiger partial charge >= 0.3 is 0 Å². The van der Waals surface area contributed by atoms with Gasteiger partial charge in [-0.05, 0) is 6.72 Å². The molecular weight excluding hydrogens is 252 g/mol. The Morgan fingerprint density at radius 3 is 1.68 bits per heavy atom. The lowest BCUT2D eigenvalue weighted by Crippen LogP contribution is -2.14. The number of carbonyl (C=O) groups excluding carboxylic acids is 1. The molecule has 0 bridgehead atoms. The van der Waals surface area contributed by atoms with E-state index >= 15 is 0 Å². The monoisotopic (exact) mass is 276 g/mol. The molecule has 0 saturated heterocycles. The van der Waals surface area contributed by atoms with E-state index in [1.54, 1.807) is 0 Å². The van der Waals surface area contributed by atoms with Gasteiger partial charge in [0.15, 0.2) is 0 Å². The Labute approximate surface area is 114 Å². The second-order valence-electron chi connectivity index (χ2n) is 3.54. The van der Waals surface area contributed by atoms with E-state index in [0.717, 1.165) is 0 Å². The van der Waals surface area contributed by atoms with E-state index in [-0.39, 0.29) is 12.3 Å². The highest BCUT2D eigenvalue weighted by molar-refractivity contribution is 5.80. The van der Waals surface area contributed by atoms with Gasteiger partial charge in [-0.15, -0.1) is 0 Å². The molecule has 0 aliphatic heterocycles. The van der Waals surface area contributed by atoms with Gasteiger partial charge in [0.2, 0.25) is 5.91 Å². The maximum absolute atomic E-state index is 10.7. The highest BCUT2D eigenvalue weighted by atomic mass is 16.6. The third kappa shape index (κ3) is 15.1. The Hall–Kier alpha value is -0.860. The van der Waals surface area contributed by atoms with Crippen LogP contribution in [0.4, 0.5) is 0 Å². The molecule has 0 heterocycles. The van der Waals surface area contributed by atoms with Crippen LogP contribution in [-0.4, -0.2) is 72.0 Å². The number of hydrogen-bond acceptors (Lipinski definition) is 6. The summed E-state index contributed by atoms with van der Waals surface area (Å²) in [7, 11) is 0. The van der Waals surface area contributed by atoms with Crippen LogP contribution in [-0.2, 0) is 23.7 Å². The first-order valence-electron chi connectivity index (χ1n) is 6.32. The van der Waals surface area contributed by atoms with E-state index in [9.17, 15) is 4.79 Å². The van der Waals surface area contributed by atoms with Gasteiger partial charge < -0.3 is 24.7 Å². The zero-order valence-corrected chi connectivity index (χ0v) is 11.3. The fraction of sp³-hybridized carbons (Fsp3) is 0.833. The Kier molecular flexibility index (Phi) is 14.5. The summed E-state index contributed by atoms with van der Waals surface area (Å²) in [5.41, 5.74) is 5.26. The molecule has 2 N–H and O–H groups in total. The zero-order chi connectivity index (χ0) is 14.2. The van der Waals surface area contributed by atoms with Crippen molar-refractivity contribution < 1.29 is 23.7 Å². The fourth-order valence-electron chi connectivity index (χ4n) is 1.08. The SMILES string of the molecule is C=NC(=O)CCOCCOCCOCCOCCN. The molecule has 7 heteroatoms. The number of nitrogens with two attached hydrogens (primary N) is 1. The number of amides is 1. The van der Waals surface area contributed by atoms with Crippen molar-refractivity contribution in [1.82, 2.24) is 0 Å². The Morgan fingerprint density at radius 1 is 0.842 bits per heavy atom. The van der Waals surface area contributed by atoms with Crippen LogP contribution >= 0.6 is 0 Å². The molecule has 1 amide bonds. The van der Waals surface area contributed by atoms with E-state index in [4.69, 9.17) is 24.7 Å². The molecule has 112 valence electrons. The second kappa shape index (κ2) is 15.2. The van der Waals surface area contributed by atoms with Crippen LogP contribution < -0.4 is 5.73 Å². The molecule has 0 atom stereocenters. The van der Waals surface area contributed by atoms with Gasteiger partial charge in [0.1, 0.15) is 0 Å². The molecule has 19 heavy (non-hydrogen) atoms. The van der Waals surface area contributed by atoms with Crippen molar-refractivity contribution >= 4 is 12.6 Å². The molecule has 0 spiro atoms. The molecule has 0 fully saturated rings. The standard InChI is InChI=1S/C12H24N2O5/c1-14-12(15)2-4-16-6-8-18-10-11-19-9-7-17-5-3-13/h1-11,13H2. The van der Waals surface area contributed by atoms with Crippen molar-refractivity contribution in [2.75, 3.05) is 59.4 Å². The van der Waals surface area contributed by atoms with Gasteiger partial charge in [-0.25, -0.2) is 4.99 Å². The normalized spacial score (nSPS) is 10.6. The predicted octanol–water partition coefficient (Wildman–Crippen LogP) is -0.371. The molecule has 0 aliphatic carbocycles. The molecule has 0 aromatic heterocycles. The number of ether oxygens (including phenoxy) is 4. The van der Waals surface area contributed by atoms with E-state index in [1.165, 1.54) is 0 Å². The van der Waals surface area contributed by atoms with E-state index < -0.39 is 0 Å². The lowest BCUT2D eigenvalue weighted by molar-refractivity contribution is -0.118. The molecule has 0 unspecified atom stereocenters. The minimum Gasteiger partial charge on any atom is -0.379 e. The molecule has 0 aliphatic rings. The van der Waals surface area contributed by atoms with Crippen molar-refractivity contribution in [3.05, 3.63) is 0 Å². The highest BCUT2D eigenvalue weighted by Crippen LogP contribution is 1.87. The zero-order valence-electron chi connectivity index (χ0n) is 11.3. The Bertz CT molecular complexity index is 226. The maximum atomic E-state index is 10.7. The largest absolute Gasteiger partial charge is 0.379 e. The summed E-state index contributed by atoms with van der Waals surface area (Å²) in [5, 5.41) is 0. The van der Waals surface area contributed by atoms with Crippen molar-refractivity contribution in [3.8, 4) is 0 Å². The summed E-state index contributed by atoms with van der Waals surface area (Å²) in [5.74, 6) is -0.258. The van der Waals surface area contributed by atoms with Crippen LogP contribution in [0.3, 0.4) is 0 Å². The van der Waals surface area contributed by atoms with Gasteiger partial charge in [0, 0.05) is 6.54 Å². The average molecular weight is 276 g/mol. The van der Waals surface area contributed by atoms with Crippen molar-refractivity contribution in [2.45, 2.75) is 6.42 Å². The van der Waals surface area contributed by atoms with Gasteiger partial charge in [-0.1, -0.05) is 0 Å². The first-order valence-corrected chi connectivity index (χ1v) is 6.32. The van der Waals surface area contributed by atoms with Crippen LogP contribution in [0.1, 0.15) is 6.42 Å². The summed E-state index contributed by atoms with van der Waals surface area (Å²) < 4.78 is 20.8. The first-order chi connectivity index (χ1) is 9.31. The molecule has 0 rings (SSSR count). The van der Waals surface area contributed by atoms with Crippen LogP contribution in [0.15, 0.2) is 4.99 Å². The third-order valence-corrected chi connectivity index (χ3v) is 2.01. The van der Waals surface area contributed by atoms with Gasteiger partial charge in [0.05, 0.1) is 59.3 Å². The summed E-state index contributed by atoms with van der Waals surface area (Å²) in [6.07, 6.45) is 0.259. The van der Waals surface area contributed by atoms with Crippen molar-refractivity contribution in [3.63, 3.8) is 0 Å². The number of aliphatic imine (C=N–C) groups is 1. The fourth-order valence-corrected chi connectivity index (χ4v) is 1.08. The predicted molar refractivity (Wildman–Crippen MR) is 71.5 cm³/mol. The quantitative estimate of drug-likeness (QED) is 0.344. The van der Waals surface area contributed by atoms with Gasteiger partial charge in [-0.2, -0.15) is 0 Å². The lowest BCUT2D eigenvalue weighted by atomic mass is 10.4. The van der Waals surface area contributed by atoms with Crippen LogP contribution in [0, 0.1) is 0 Å². The van der Waals surface area contributed by atoms with Gasteiger partial charge in [0.25, 0.3) is 0 Å². The molecular formula is C12H24N2O5. The number of nitrogens with zero attached hydrogens (tertiary/aromatic N) is 1. The van der Waals surface area contributed by atoms with Crippen LogP contribution in [0.2, 0.25) is 0 Å². The van der Waals surface area contributed by atoms with Crippen LogP contribution in [0.25, 0.3) is 0 Å². The second-order valence-corrected chi connectivity index (χ2v) is 3.54. The van der Waals surface area contributed by atoms with E-state index in [2.05, 4.69) is 11.7 Å². The summed E-state index contributed by atoms with van der Waals surface area (Å²) in [6.45, 7) is 7.59. The minimum absolute atomic E-state index is 0.258. The topological polar surface area (TPSA) is 92.4 Å². The highest BCUT2D eigenvalue weighted by Gasteiger charge is 1.96. The molecule has 7 nitrogen and oxygen atoms in total. The maximum Gasteiger partial charge on any atom is 0.247 e. The molecule has 0 aromatic rings. The lowest BCUT2D eigenvalue weighted by Gasteiger charge is -2.06.